The van der Waals surface area contributed by atoms with Gasteiger partial charge in [0.05, 0.1) is 48.7 Å². The van der Waals surface area contributed by atoms with Crippen molar-refractivity contribution in [2.45, 2.75) is 137 Å². The van der Waals surface area contributed by atoms with Crippen LogP contribution in [0.5, 0.6) is 0 Å². The van der Waals surface area contributed by atoms with E-state index in [1.54, 1.807) is 48.5 Å². The first kappa shape index (κ1) is 71.2. The molecule has 0 saturated carbocycles. The monoisotopic (exact) mass is 1260 g/mol. The van der Waals surface area contributed by atoms with Crippen molar-refractivity contribution in [3.8, 4) is 0 Å². The van der Waals surface area contributed by atoms with E-state index in [9.17, 15) is 33.6 Å². The SMILES string of the molecule is CCCCOC(=O)c1ccc(Nc2cc(NCCC[Si](C)(O)O)cc(Nc3ccc(C(=O)OCCCC)cc3)c2)cc1.CCCCOC(=O)c1ccc(Nc2cc(NCCC[Si](C)(O)O[Si](C)(C)C)cc(Nc3ccc(C(=O)OCCCC)cc3)c2)cc1. The Labute approximate surface area is 524 Å². The van der Waals surface area contributed by atoms with Crippen molar-refractivity contribution in [1.29, 1.82) is 0 Å². The van der Waals surface area contributed by atoms with Gasteiger partial charge in [-0.15, -0.1) is 0 Å². The summed E-state index contributed by atoms with van der Waals surface area (Å²) in [6, 6.07) is 41.6. The minimum atomic E-state index is -3.09. The first-order valence-corrected chi connectivity index (χ1v) is 39.4. The summed E-state index contributed by atoms with van der Waals surface area (Å²) in [6.07, 6.45) is 8.62. The third kappa shape index (κ3) is 27.7. The normalized spacial score (nSPS) is 11.9. The lowest BCUT2D eigenvalue weighted by molar-refractivity contribution is 0.0490. The summed E-state index contributed by atoms with van der Waals surface area (Å²) >= 11 is 0. The van der Waals surface area contributed by atoms with E-state index in [2.05, 4.69) is 65.4 Å². The number of nitrogens with one attached hydrogen (secondary N) is 6. The zero-order valence-corrected chi connectivity index (χ0v) is 55.9. The maximum Gasteiger partial charge on any atom is 0.338 e. The van der Waals surface area contributed by atoms with Gasteiger partial charge in [0.1, 0.15) is 0 Å². The Morgan fingerprint density at radius 3 is 0.841 bits per heavy atom. The van der Waals surface area contributed by atoms with Crippen molar-refractivity contribution in [3.05, 3.63) is 156 Å². The van der Waals surface area contributed by atoms with Crippen LogP contribution in [0.15, 0.2) is 133 Å². The van der Waals surface area contributed by atoms with Crippen LogP contribution in [0, 0.1) is 0 Å². The van der Waals surface area contributed by atoms with Crippen LogP contribution in [0.2, 0.25) is 44.8 Å². The van der Waals surface area contributed by atoms with Crippen molar-refractivity contribution in [2.24, 2.45) is 0 Å². The molecule has 88 heavy (non-hydrogen) atoms. The van der Waals surface area contributed by atoms with Gasteiger partial charge in [-0.2, -0.15) is 0 Å². The van der Waals surface area contributed by atoms with Crippen LogP contribution in [0.3, 0.4) is 0 Å². The Kier molecular flexibility index (Phi) is 29.7. The summed E-state index contributed by atoms with van der Waals surface area (Å²) in [6.45, 7) is 20.8. The molecule has 1 atom stereocenters. The fourth-order valence-corrected chi connectivity index (χ4v) is 16.1. The zero-order valence-electron chi connectivity index (χ0n) is 52.9. The molecule has 18 nitrogen and oxygen atoms in total. The van der Waals surface area contributed by atoms with Gasteiger partial charge in [0.25, 0.3) is 0 Å². The molecule has 0 aliphatic carbocycles. The molecule has 0 bridgehead atoms. The first-order chi connectivity index (χ1) is 42.0. The fraction of sp³-hybridized carbons (Fsp3) is 0.403. The quantitative estimate of drug-likeness (QED) is 0.00768. The lowest BCUT2D eigenvalue weighted by atomic mass is 10.1. The van der Waals surface area contributed by atoms with Crippen molar-refractivity contribution >= 4 is 106 Å². The van der Waals surface area contributed by atoms with Crippen LogP contribution in [0.4, 0.5) is 56.9 Å². The average Bonchev–Trinajstić information content (AvgIpc) is 3.51. The van der Waals surface area contributed by atoms with E-state index < -0.39 is 25.4 Å². The van der Waals surface area contributed by atoms with Gasteiger partial charge in [-0.25, -0.2) is 19.2 Å². The predicted molar refractivity (Wildman–Crippen MR) is 363 cm³/mol. The van der Waals surface area contributed by atoms with Gasteiger partial charge in [-0.3, -0.25) is 0 Å². The number of hydrogen-bond acceptors (Lipinski definition) is 18. The highest BCUT2D eigenvalue weighted by atomic mass is 28.4. The topological polar surface area (TPSA) is 247 Å². The van der Waals surface area contributed by atoms with E-state index in [4.69, 9.17) is 23.1 Å². The third-order valence-corrected chi connectivity index (χ3v) is 20.0. The highest BCUT2D eigenvalue weighted by molar-refractivity contribution is 6.81. The second-order valence-electron chi connectivity index (χ2n) is 23.0. The average molecular weight is 1260 g/mol. The number of carbonyl (C=O) groups excluding carboxylic acids is 4. The molecule has 0 saturated heterocycles. The van der Waals surface area contributed by atoms with E-state index in [-0.39, 0.29) is 23.9 Å². The number of esters is 4. The lowest BCUT2D eigenvalue weighted by Crippen LogP contribution is -2.45. The summed E-state index contributed by atoms with van der Waals surface area (Å²) in [4.78, 5) is 79.4. The minimum absolute atomic E-state index is 0.324. The summed E-state index contributed by atoms with van der Waals surface area (Å²) < 4.78 is 27.3. The molecule has 0 aliphatic heterocycles. The van der Waals surface area contributed by atoms with Crippen molar-refractivity contribution < 1.29 is 56.6 Å². The Bertz CT molecular complexity index is 2910. The molecule has 0 fully saturated rings. The molecule has 21 heteroatoms. The Morgan fingerprint density at radius 1 is 0.352 bits per heavy atom. The van der Waals surface area contributed by atoms with E-state index in [1.165, 1.54) is 6.55 Å². The number of carbonyl (C=O) groups is 4. The second-order valence-corrected chi connectivity index (χ2v) is 33.9. The standard InChI is InChI=1S/C35H51N3O6Si2.C32H43N3O6Si/c1-7-9-21-42-34(39)27-12-16-29(17-13-27)37-32-24-31(36-20-11-23-46(6,41)44-45(3,4)5)25-33(26-32)38-30-18-14-28(15-19-30)35(40)43-22-10-8-2;1-4-6-18-40-31(36)24-9-13-26(14-10-24)34-29-21-28(33-17-8-20-42(3,38)39)22-30(23-29)35-27-15-11-25(12-16-27)32(37)41-19-7-5-2/h12-19,24-26,36-38,41H,7-11,20-23H2,1-6H3;9-16,21-23,33-35,38-39H,4-8,17-20H2,1-3H3. The molecule has 0 heterocycles. The van der Waals surface area contributed by atoms with Gasteiger partial charge in [-0.05, 0) is 217 Å². The third-order valence-electron chi connectivity index (χ3n) is 13.3. The molecule has 0 radical (unpaired) electrons. The van der Waals surface area contributed by atoms with Gasteiger partial charge < -0.3 is 69.4 Å². The molecule has 6 rings (SSSR count). The van der Waals surface area contributed by atoms with E-state index in [0.717, 1.165) is 115 Å². The summed E-state index contributed by atoms with van der Waals surface area (Å²) in [5, 5.41) is 20.5. The summed E-state index contributed by atoms with van der Waals surface area (Å²) in [5.41, 5.74) is 10.3. The van der Waals surface area contributed by atoms with Crippen LogP contribution < -0.4 is 31.9 Å². The molecular formula is C67H94N6O12Si3. The smallest absolute Gasteiger partial charge is 0.338 e. The largest absolute Gasteiger partial charge is 0.462 e. The Balaban J connectivity index is 0.000000322. The Hall–Kier alpha value is -7.51. The number of benzene rings is 6. The molecule has 0 aliphatic rings. The molecule has 0 spiro atoms. The Morgan fingerprint density at radius 2 is 0.602 bits per heavy atom. The zero-order chi connectivity index (χ0) is 64.0. The van der Waals surface area contributed by atoms with Crippen LogP contribution in [0.25, 0.3) is 0 Å². The molecule has 0 aromatic heterocycles. The number of ether oxygens (including phenoxy) is 4. The van der Waals surface area contributed by atoms with Gasteiger partial charge in [0, 0.05) is 70.0 Å². The number of hydrogen-bond donors (Lipinski definition) is 9. The second kappa shape index (κ2) is 36.7. The van der Waals surface area contributed by atoms with E-state index >= 15 is 0 Å². The van der Waals surface area contributed by atoms with Crippen LogP contribution in [-0.2, 0) is 23.1 Å². The highest BCUT2D eigenvalue weighted by Gasteiger charge is 2.32. The fourth-order valence-electron chi connectivity index (χ4n) is 8.76. The molecule has 1 unspecified atom stereocenters. The summed E-state index contributed by atoms with van der Waals surface area (Å²) in [7, 11) is -7.63. The van der Waals surface area contributed by atoms with Gasteiger partial charge in [0.15, 0.2) is 8.32 Å². The van der Waals surface area contributed by atoms with Gasteiger partial charge in [-0.1, -0.05) is 53.4 Å². The highest BCUT2D eigenvalue weighted by Crippen LogP contribution is 2.31. The maximum absolute atomic E-state index is 12.3. The number of unbranched alkanes of at least 4 members (excludes halogenated alkanes) is 4. The molecule has 6 aromatic rings. The molecule has 476 valence electrons. The number of rotatable bonds is 36. The van der Waals surface area contributed by atoms with Gasteiger partial charge >= 0.3 is 41.0 Å². The molecule has 0 amide bonds. The van der Waals surface area contributed by atoms with Crippen molar-refractivity contribution in [2.75, 3.05) is 71.4 Å². The first-order valence-electron chi connectivity index (χ1n) is 30.9. The van der Waals surface area contributed by atoms with E-state index in [0.29, 0.717) is 80.3 Å². The summed E-state index contributed by atoms with van der Waals surface area (Å²) in [5.74, 6) is -1.32. The molecule has 6 aromatic carbocycles. The predicted octanol–water partition coefficient (Wildman–Crippen LogP) is 15.8. The van der Waals surface area contributed by atoms with Crippen LogP contribution in [0.1, 0.15) is 133 Å². The molecular weight excluding hydrogens is 1170 g/mol. The van der Waals surface area contributed by atoms with Crippen molar-refractivity contribution in [1.82, 2.24) is 0 Å². The van der Waals surface area contributed by atoms with Crippen molar-refractivity contribution in [3.63, 3.8) is 0 Å². The van der Waals surface area contributed by atoms with E-state index in [1.807, 2.05) is 105 Å². The van der Waals surface area contributed by atoms with Crippen LogP contribution in [-0.4, -0.2) is 103 Å². The van der Waals surface area contributed by atoms with Gasteiger partial charge in [0.2, 0.25) is 0 Å². The maximum atomic E-state index is 12.3. The van der Waals surface area contributed by atoms with Crippen LogP contribution >= 0.6 is 0 Å². The molecule has 9 N–H and O–H groups in total. The minimum Gasteiger partial charge on any atom is -0.462 e. The lowest BCUT2D eigenvalue weighted by Gasteiger charge is -2.29. The number of anilines is 10.